The number of aromatic nitrogens is 1. The van der Waals surface area contributed by atoms with Crippen molar-refractivity contribution in [1.29, 1.82) is 0 Å². The van der Waals surface area contributed by atoms with Crippen molar-refractivity contribution in [3.63, 3.8) is 0 Å². The Balaban J connectivity index is 2.03. The zero-order valence-electron chi connectivity index (χ0n) is 9.94. The Morgan fingerprint density at radius 2 is 2.22 bits per heavy atom. The van der Waals surface area contributed by atoms with Crippen LogP contribution in [0.1, 0.15) is 36.7 Å². The third kappa shape index (κ3) is 3.05. The molecule has 2 atom stereocenters. The van der Waals surface area contributed by atoms with E-state index >= 15 is 0 Å². The van der Waals surface area contributed by atoms with Gasteiger partial charge in [0.05, 0.1) is 0 Å². The first-order chi connectivity index (χ1) is 8.36. The molecule has 7 heteroatoms. The first-order valence-corrected chi connectivity index (χ1v) is 8.11. The van der Waals surface area contributed by atoms with Gasteiger partial charge >= 0.3 is 0 Å². The van der Waals surface area contributed by atoms with Gasteiger partial charge in [0, 0.05) is 22.9 Å². The molecule has 1 saturated carbocycles. The number of amides is 1. The van der Waals surface area contributed by atoms with Gasteiger partial charge in [-0.3, -0.25) is 4.79 Å². The van der Waals surface area contributed by atoms with Crippen molar-refractivity contribution in [3.8, 4) is 0 Å². The van der Waals surface area contributed by atoms with E-state index < -0.39 is 9.05 Å². The minimum atomic E-state index is -3.79. The fourth-order valence-electron chi connectivity index (χ4n) is 2.25. The smallest absolute Gasteiger partial charge is 0.267 e. The molecule has 0 spiro atoms. The molecule has 2 rings (SSSR count). The largest absolute Gasteiger partial charge is 0.356 e. The molecule has 1 aromatic heterocycles. The Morgan fingerprint density at radius 3 is 2.72 bits per heavy atom. The van der Waals surface area contributed by atoms with Crippen LogP contribution in [0, 0.1) is 5.92 Å². The molecule has 5 nitrogen and oxygen atoms in total. The monoisotopic (exact) mass is 290 g/mol. The lowest BCUT2D eigenvalue weighted by Crippen LogP contribution is -2.33. The number of carbonyl (C=O) groups is 1. The summed E-state index contributed by atoms with van der Waals surface area (Å²) in [5.74, 6) is 0.332. The fourth-order valence-corrected chi connectivity index (χ4v) is 2.97. The molecule has 2 N–H and O–H groups in total. The minimum absolute atomic E-state index is 0.0888. The van der Waals surface area contributed by atoms with Crippen LogP contribution in [0.3, 0.4) is 0 Å². The molecule has 0 aliphatic heterocycles. The van der Waals surface area contributed by atoms with E-state index in [1.54, 1.807) is 0 Å². The molecule has 2 unspecified atom stereocenters. The zero-order valence-corrected chi connectivity index (χ0v) is 11.5. The van der Waals surface area contributed by atoms with Crippen LogP contribution >= 0.6 is 10.7 Å². The van der Waals surface area contributed by atoms with Crippen LogP contribution in [-0.4, -0.2) is 25.4 Å². The summed E-state index contributed by atoms with van der Waals surface area (Å²) in [7, 11) is 1.40. The van der Waals surface area contributed by atoms with E-state index in [0.717, 1.165) is 19.3 Å². The van der Waals surface area contributed by atoms with Crippen LogP contribution < -0.4 is 5.32 Å². The SMILES string of the molecule is CC1CCC(NC(=O)c2cc(S(=O)(=O)Cl)c[nH]2)C1. The maximum Gasteiger partial charge on any atom is 0.267 e. The number of hydrogen-bond acceptors (Lipinski definition) is 3. The van der Waals surface area contributed by atoms with Gasteiger partial charge in [-0.25, -0.2) is 8.42 Å². The van der Waals surface area contributed by atoms with Gasteiger partial charge in [-0.15, -0.1) is 0 Å². The van der Waals surface area contributed by atoms with Crippen molar-refractivity contribution in [2.24, 2.45) is 5.92 Å². The summed E-state index contributed by atoms with van der Waals surface area (Å²) < 4.78 is 22.1. The van der Waals surface area contributed by atoms with Crippen LogP contribution in [0.25, 0.3) is 0 Å². The predicted octanol–water partition coefficient (Wildman–Crippen LogP) is 1.86. The molecule has 1 fully saturated rings. The molecular weight excluding hydrogens is 276 g/mol. The molecule has 1 aliphatic rings. The summed E-state index contributed by atoms with van der Waals surface area (Å²) in [5.41, 5.74) is 0.216. The number of rotatable bonds is 3. The molecule has 0 bridgehead atoms. The number of H-pyrrole nitrogens is 1. The molecular formula is C11H15ClN2O3S. The molecule has 1 aliphatic carbocycles. The lowest BCUT2D eigenvalue weighted by molar-refractivity contribution is 0.0933. The van der Waals surface area contributed by atoms with E-state index in [9.17, 15) is 13.2 Å². The highest BCUT2D eigenvalue weighted by atomic mass is 35.7. The summed E-state index contributed by atoms with van der Waals surface area (Å²) in [5, 5.41) is 2.88. The summed E-state index contributed by atoms with van der Waals surface area (Å²) in [6.45, 7) is 2.15. The number of halogens is 1. The van der Waals surface area contributed by atoms with E-state index in [-0.39, 0.29) is 22.5 Å². The average molecular weight is 291 g/mol. The predicted molar refractivity (Wildman–Crippen MR) is 68.1 cm³/mol. The van der Waals surface area contributed by atoms with Gasteiger partial charge in [-0.2, -0.15) is 0 Å². The van der Waals surface area contributed by atoms with Crippen LogP contribution in [0.4, 0.5) is 0 Å². The first kappa shape index (κ1) is 13.4. The lowest BCUT2D eigenvalue weighted by atomic mass is 10.1. The third-order valence-corrected chi connectivity index (χ3v) is 4.55. The highest BCUT2D eigenvalue weighted by Crippen LogP contribution is 2.25. The quantitative estimate of drug-likeness (QED) is 0.834. The van der Waals surface area contributed by atoms with Gasteiger partial charge in [-0.05, 0) is 31.2 Å². The van der Waals surface area contributed by atoms with Gasteiger partial charge in [0.1, 0.15) is 10.6 Å². The summed E-state index contributed by atoms with van der Waals surface area (Å²) in [6.07, 6.45) is 4.26. The molecule has 1 heterocycles. The number of carbonyl (C=O) groups excluding carboxylic acids is 1. The molecule has 0 radical (unpaired) electrons. The Bertz CT molecular complexity index is 552. The number of hydrogen-bond donors (Lipinski definition) is 2. The van der Waals surface area contributed by atoms with Crippen molar-refractivity contribution in [2.45, 2.75) is 37.1 Å². The van der Waals surface area contributed by atoms with Crippen LogP contribution in [-0.2, 0) is 9.05 Å². The van der Waals surface area contributed by atoms with Crippen LogP contribution in [0.5, 0.6) is 0 Å². The molecule has 18 heavy (non-hydrogen) atoms. The Hall–Kier alpha value is -1.01. The van der Waals surface area contributed by atoms with Crippen molar-refractivity contribution in [1.82, 2.24) is 10.3 Å². The Kier molecular flexibility index (Phi) is 3.68. The topological polar surface area (TPSA) is 79.0 Å². The zero-order chi connectivity index (χ0) is 13.3. The minimum Gasteiger partial charge on any atom is -0.356 e. The van der Waals surface area contributed by atoms with Gasteiger partial charge in [0.2, 0.25) is 0 Å². The van der Waals surface area contributed by atoms with Crippen molar-refractivity contribution in [3.05, 3.63) is 18.0 Å². The van der Waals surface area contributed by atoms with E-state index in [2.05, 4.69) is 17.2 Å². The van der Waals surface area contributed by atoms with E-state index in [4.69, 9.17) is 10.7 Å². The summed E-state index contributed by atoms with van der Waals surface area (Å²) in [6, 6.07) is 1.42. The third-order valence-electron chi connectivity index (χ3n) is 3.21. The van der Waals surface area contributed by atoms with Crippen molar-refractivity contribution in [2.75, 3.05) is 0 Å². The normalized spacial score (nSPS) is 24.1. The highest BCUT2D eigenvalue weighted by Gasteiger charge is 2.24. The number of nitrogens with one attached hydrogen (secondary N) is 2. The Labute approximate surface area is 110 Å². The van der Waals surface area contributed by atoms with Crippen LogP contribution in [0.2, 0.25) is 0 Å². The molecule has 0 saturated heterocycles. The maximum absolute atomic E-state index is 11.9. The molecule has 1 aromatic rings. The molecule has 100 valence electrons. The Morgan fingerprint density at radius 1 is 1.50 bits per heavy atom. The van der Waals surface area contributed by atoms with Crippen molar-refractivity contribution >= 4 is 25.6 Å². The average Bonchev–Trinajstić information content (AvgIpc) is 2.85. The summed E-state index contributed by atoms with van der Waals surface area (Å²) >= 11 is 0. The molecule has 1 amide bonds. The van der Waals surface area contributed by atoms with Crippen LogP contribution in [0.15, 0.2) is 17.2 Å². The molecule has 0 aromatic carbocycles. The highest BCUT2D eigenvalue weighted by molar-refractivity contribution is 8.13. The number of aromatic amines is 1. The van der Waals surface area contributed by atoms with Gasteiger partial charge in [-0.1, -0.05) is 6.92 Å². The van der Waals surface area contributed by atoms with E-state index in [1.165, 1.54) is 12.3 Å². The summed E-state index contributed by atoms with van der Waals surface area (Å²) in [4.78, 5) is 14.4. The standard InChI is InChI=1S/C11H15ClN2O3S/c1-7-2-3-8(4-7)14-11(15)10-5-9(6-13-10)18(12,16)17/h5-8,13H,2-4H2,1H3,(H,14,15). The van der Waals surface area contributed by atoms with Gasteiger partial charge in [0.25, 0.3) is 15.0 Å². The van der Waals surface area contributed by atoms with Gasteiger partial charge in [0.15, 0.2) is 0 Å². The maximum atomic E-state index is 11.9. The second-order valence-electron chi connectivity index (χ2n) is 4.78. The first-order valence-electron chi connectivity index (χ1n) is 5.80. The van der Waals surface area contributed by atoms with E-state index in [1.807, 2.05) is 0 Å². The lowest BCUT2D eigenvalue weighted by Gasteiger charge is -2.11. The second-order valence-corrected chi connectivity index (χ2v) is 7.34. The van der Waals surface area contributed by atoms with Gasteiger partial charge < -0.3 is 10.3 Å². The van der Waals surface area contributed by atoms with Crippen molar-refractivity contribution < 1.29 is 13.2 Å². The fraction of sp³-hybridized carbons (Fsp3) is 0.545. The second kappa shape index (κ2) is 4.93. The van der Waals surface area contributed by atoms with E-state index in [0.29, 0.717) is 5.92 Å².